The maximum absolute atomic E-state index is 9.28. The van der Waals surface area contributed by atoms with Crippen molar-refractivity contribution in [2.75, 3.05) is 13.1 Å². The largest absolute Gasteiger partial charge is 0.392 e. The van der Waals surface area contributed by atoms with Crippen LogP contribution in [0.25, 0.3) is 0 Å². The highest BCUT2D eigenvalue weighted by atomic mass is 16.3. The van der Waals surface area contributed by atoms with Crippen molar-refractivity contribution in [2.45, 2.75) is 25.4 Å². The van der Waals surface area contributed by atoms with Gasteiger partial charge in [-0.3, -0.25) is 5.84 Å². The molecule has 2 aliphatic rings. The number of piperidine rings is 1. The Morgan fingerprint density at radius 3 is 2.70 bits per heavy atom. The van der Waals surface area contributed by atoms with Gasteiger partial charge >= 0.3 is 0 Å². The molecule has 10 heavy (non-hydrogen) atoms. The molecule has 1 spiro atoms. The number of hydrazine groups is 1. The van der Waals surface area contributed by atoms with Gasteiger partial charge in [0.1, 0.15) is 0 Å². The second-order valence-electron chi connectivity index (χ2n) is 3.66. The zero-order valence-corrected chi connectivity index (χ0v) is 6.08. The van der Waals surface area contributed by atoms with Crippen LogP contribution in [0.4, 0.5) is 0 Å². The molecule has 2 atom stereocenters. The number of aliphatic hydroxyl groups excluding tert-OH is 1. The summed E-state index contributed by atoms with van der Waals surface area (Å²) < 4.78 is 0. The van der Waals surface area contributed by atoms with Crippen LogP contribution in [-0.2, 0) is 0 Å². The fourth-order valence-corrected chi connectivity index (χ4v) is 1.96. The van der Waals surface area contributed by atoms with Crippen molar-refractivity contribution in [1.82, 2.24) is 5.01 Å². The normalized spacial score (nSPS) is 48.0. The molecule has 0 amide bonds. The molecule has 0 radical (unpaired) electrons. The SMILES string of the molecule is NN1CCCC2(CC2O)C1. The maximum atomic E-state index is 9.28. The van der Waals surface area contributed by atoms with Crippen molar-refractivity contribution in [3.05, 3.63) is 0 Å². The van der Waals surface area contributed by atoms with Crippen LogP contribution in [0.3, 0.4) is 0 Å². The van der Waals surface area contributed by atoms with Gasteiger partial charge in [-0.05, 0) is 19.3 Å². The first kappa shape index (κ1) is 6.58. The van der Waals surface area contributed by atoms with Gasteiger partial charge in [0.2, 0.25) is 0 Å². The minimum atomic E-state index is -0.0566. The summed E-state index contributed by atoms with van der Waals surface area (Å²) >= 11 is 0. The van der Waals surface area contributed by atoms with Gasteiger partial charge < -0.3 is 5.11 Å². The van der Waals surface area contributed by atoms with E-state index >= 15 is 0 Å². The van der Waals surface area contributed by atoms with E-state index < -0.39 is 0 Å². The van der Waals surface area contributed by atoms with Crippen LogP contribution in [0.5, 0.6) is 0 Å². The number of hydrogen-bond acceptors (Lipinski definition) is 3. The number of nitrogens with zero attached hydrogens (tertiary/aromatic N) is 1. The number of nitrogens with two attached hydrogens (primary N) is 1. The van der Waals surface area contributed by atoms with Crippen molar-refractivity contribution in [3.8, 4) is 0 Å². The zero-order chi connectivity index (χ0) is 7.19. The van der Waals surface area contributed by atoms with Crippen molar-refractivity contribution < 1.29 is 5.11 Å². The Labute approximate surface area is 60.8 Å². The predicted molar refractivity (Wildman–Crippen MR) is 38.1 cm³/mol. The van der Waals surface area contributed by atoms with Gasteiger partial charge in [0.25, 0.3) is 0 Å². The monoisotopic (exact) mass is 142 g/mol. The molecule has 2 rings (SSSR count). The lowest BCUT2D eigenvalue weighted by molar-refractivity contribution is 0.116. The van der Waals surface area contributed by atoms with Gasteiger partial charge in [-0.1, -0.05) is 0 Å². The molecule has 0 bridgehead atoms. The fraction of sp³-hybridized carbons (Fsp3) is 1.00. The van der Waals surface area contributed by atoms with E-state index in [0.717, 1.165) is 25.9 Å². The van der Waals surface area contributed by atoms with Gasteiger partial charge in [-0.15, -0.1) is 0 Å². The maximum Gasteiger partial charge on any atom is 0.0616 e. The van der Waals surface area contributed by atoms with E-state index in [1.165, 1.54) is 6.42 Å². The van der Waals surface area contributed by atoms with Crippen molar-refractivity contribution in [1.29, 1.82) is 0 Å². The van der Waals surface area contributed by atoms with Crippen LogP contribution in [0.2, 0.25) is 0 Å². The first-order valence-electron chi connectivity index (χ1n) is 3.91. The van der Waals surface area contributed by atoms with E-state index in [9.17, 15) is 5.11 Å². The quantitative estimate of drug-likeness (QED) is 0.457. The van der Waals surface area contributed by atoms with Crippen LogP contribution < -0.4 is 5.84 Å². The Bertz CT molecular complexity index is 151. The van der Waals surface area contributed by atoms with Gasteiger partial charge in [-0.2, -0.15) is 0 Å². The highest BCUT2D eigenvalue weighted by Crippen LogP contribution is 2.51. The first-order chi connectivity index (χ1) is 4.73. The standard InChI is InChI=1S/C7H14N2O/c8-9-3-1-2-7(5-9)4-6(7)10/h6,10H,1-5,8H2. The van der Waals surface area contributed by atoms with E-state index in [1.54, 1.807) is 0 Å². The minimum Gasteiger partial charge on any atom is -0.392 e. The highest BCUT2D eigenvalue weighted by molar-refractivity contribution is 5.05. The molecule has 0 aromatic rings. The molecule has 0 aromatic heterocycles. The lowest BCUT2D eigenvalue weighted by atomic mass is 9.96. The predicted octanol–water partition coefficient (Wildman–Crippen LogP) is -0.293. The summed E-state index contributed by atoms with van der Waals surface area (Å²) in [6, 6.07) is 0. The number of rotatable bonds is 0. The fourth-order valence-electron chi connectivity index (χ4n) is 1.96. The Morgan fingerprint density at radius 1 is 1.60 bits per heavy atom. The molecule has 1 aliphatic heterocycles. The van der Waals surface area contributed by atoms with E-state index in [-0.39, 0.29) is 11.5 Å². The lowest BCUT2D eigenvalue weighted by Gasteiger charge is -2.29. The Hall–Kier alpha value is -0.120. The van der Waals surface area contributed by atoms with Crippen molar-refractivity contribution >= 4 is 0 Å². The molecule has 58 valence electrons. The summed E-state index contributed by atoms with van der Waals surface area (Å²) in [7, 11) is 0. The average molecular weight is 142 g/mol. The number of aliphatic hydroxyl groups is 1. The molecule has 3 N–H and O–H groups in total. The molecular formula is C7H14N2O. The van der Waals surface area contributed by atoms with Crippen LogP contribution in [0, 0.1) is 5.41 Å². The molecule has 1 saturated heterocycles. The summed E-state index contributed by atoms with van der Waals surface area (Å²) in [6.45, 7) is 1.89. The van der Waals surface area contributed by atoms with Gasteiger partial charge in [0.05, 0.1) is 6.10 Å². The van der Waals surface area contributed by atoms with Gasteiger partial charge in [0.15, 0.2) is 0 Å². The van der Waals surface area contributed by atoms with Crippen molar-refractivity contribution in [2.24, 2.45) is 11.3 Å². The van der Waals surface area contributed by atoms with Crippen molar-refractivity contribution in [3.63, 3.8) is 0 Å². The molecule has 3 heteroatoms. The molecule has 2 fully saturated rings. The van der Waals surface area contributed by atoms with E-state index in [4.69, 9.17) is 5.84 Å². The molecule has 3 nitrogen and oxygen atoms in total. The summed E-state index contributed by atoms with van der Waals surface area (Å²) in [5.41, 5.74) is 0.215. The van der Waals surface area contributed by atoms with Crippen LogP contribution in [-0.4, -0.2) is 29.3 Å². The molecular weight excluding hydrogens is 128 g/mol. The third-order valence-corrected chi connectivity index (χ3v) is 2.78. The van der Waals surface area contributed by atoms with Crippen LogP contribution >= 0.6 is 0 Å². The summed E-state index contributed by atoms with van der Waals surface area (Å²) in [5.74, 6) is 5.63. The third-order valence-electron chi connectivity index (χ3n) is 2.78. The van der Waals surface area contributed by atoms with Crippen LogP contribution in [0.15, 0.2) is 0 Å². The minimum absolute atomic E-state index is 0.0566. The first-order valence-corrected chi connectivity index (χ1v) is 3.91. The van der Waals surface area contributed by atoms with E-state index in [2.05, 4.69) is 0 Å². The molecule has 0 aromatic carbocycles. The Morgan fingerprint density at radius 2 is 2.30 bits per heavy atom. The topological polar surface area (TPSA) is 49.5 Å². The van der Waals surface area contributed by atoms with Gasteiger partial charge in [0, 0.05) is 18.5 Å². The van der Waals surface area contributed by atoms with E-state index in [1.807, 2.05) is 5.01 Å². The Kier molecular flexibility index (Phi) is 1.27. The summed E-state index contributed by atoms with van der Waals surface area (Å²) in [4.78, 5) is 0. The van der Waals surface area contributed by atoms with E-state index in [0.29, 0.717) is 0 Å². The summed E-state index contributed by atoms with van der Waals surface area (Å²) in [5, 5.41) is 11.1. The Balaban J connectivity index is 1.99. The third kappa shape index (κ3) is 0.856. The van der Waals surface area contributed by atoms with Crippen LogP contribution in [0.1, 0.15) is 19.3 Å². The zero-order valence-electron chi connectivity index (χ0n) is 6.08. The molecule has 1 aliphatic carbocycles. The average Bonchev–Trinajstić information content (AvgIpc) is 2.41. The second kappa shape index (κ2) is 1.94. The number of hydrogen-bond donors (Lipinski definition) is 2. The highest BCUT2D eigenvalue weighted by Gasteiger charge is 2.54. The molecule has 2 unspecified atom stereocenters. The molecule has 1 heterocycles. The summed E-state index contributed by atoms with van der Waals surface area (Å²) in [6.07, 6.45) is 3.23. The van der Waals surface area contributed by atoms with Gasteiger partial charge in [-0.25, -0.2) is 5.01 Å². The molecule has 1 saturated carbocycles. The smallest absolute Gasteiger partial charge is 0.0616 e. The second-order valence-corrected chi connectivity index (χ2v) is 3.66. The lowest BCUT2D eigenvalue weighted by Crippen LogP contribution is -2.42.